The first-order valence-corrected chi connectivity index (χ1v) is 8.92. The first kappa shape index (κ1) is 17.6. The Kier molecular flexibility index (Phi) is 5.20. The van der Waals surface area contributed by atoms with E-state index in [0.29, 0.717) is 22.9 Å². The van der Waals surface area contributed by atoms with Gasteiger partial charge in [-0.25, -0.2) is 9.67 Å². The number of benzene rings is 1. The average molecular weight is 420 g/mol. The Hall–Kier alpha value is -2.18. The third kappa shape index (κ3) is 3.60. The van der Waals surface area contributed by atoms with Gasteiger partial charge in [-0.2, -0.15) is 5.10 Å². The Balaban J connectivity index is 1.96. The standard InChI is InChI=1S/C18H16BrClN4O/c1-3-23(17-8-7-13(19)10-21-17)18(25)16-11-22-24(12(16)2)15-6-4-5-14(20)9-15/h4-11H,3H2,1-2H3. The third-order valence-corrected chi connectivity index (χ3v) is 4.55. The number of anilines is 1. The molecule has 0 unspecified atom stereocenters. The molecular weight excluding hydrogens is 404 g/mol. The van der Waals surface area contributed by atoms with Crippen LogP contribution in [0.5, 0.6) is 0 Å². The molecule has 128 valence electrons. The number of hydrogen-bond acceptors (Lipinski definition) is 3. The van der Waals surface area contributed by atoms with Gasteiger partial charge in [0.2, 0.25) is 0 Å². The van der Waals surface area contributed by atoms with E-state index in [1.807, 2.05) is 44.2 Å². The van der Waals surface area contributed by atoms with Crippen LogP contribution in [0.3, 0.4) is 0 Å². The molecule has 1 aromatic carbocycles. The molecule has 0 aliphatic carbocycles. The van der Waals surface area contributed by atoms with E-state index >= 15 is 0 Å². The van der Waals surface area contributed by atoms with Crippen molar-refractivity contribution >= 4 is 39.3 Å². The molecule has 0 spiro atoms. The fourth-order valence-electron chi connectivity index (χ4n) is 2.57. The van der Waals surface area contributed by atoms with Gasteiger partial charge in [0, 0.05) is 22.2 Å². The van der Waals surface area contributed by atoms with Crippen molar-refractivity contribution in [3.63, 3.8) is 0 Å². The maximum atomic E-state index is 13.0. The number of halogens is 2. The SMILES string of the molecule is CCN(C(=O)c1cnn(-c2cccc(Cl)c2)c1C)c1ccc(Br)cn1. The molecule has 2 aromatic heterocycles. The zero-order valence-corrected chi connectivity index (χ0v) is 16.1. The molecule has 0 radical (unpaired) electrons. The highest BCUT2D eigenvalue weighted by molar-refractivity contribution is 9.10. The normalized spacial score (nSPS) is 10.7. The number of hydrogen-bond donors (Lipinski definition) is 0. The zero-order valence-electron chi connectivity index (χ0n) is 13.8. The Morgan fingerprint density at radius 3 is 2.72 bits per heavy atom. The van der Waals surface area contributed by atoms with Crippen LogP contribution in [-0.2, 0) is 0 Å². The van der Waals surface area contributed by atoms with Crippen LogP contribution >= 0.6 is 27.5 Å². The maximum Gasteiger partial charge on any atom is 0.262 e. The van der Waals surface area contributed by atoms with Gasteiger partial charge < -0.3 is 0 Å². The van der Waals surface area contributed by atoms with Gasteiger partial charge in [-0.05, 0) is 60.1 Å². The summed E-state index contributed by atoms with van der Waals surface area (Å²) in [5.41, 5.74) is 2.10. The number of rotatable bonds is 4. The van der Waals surface area contributed by atoms with Crippen molar-refractivity contribution in [2.24, 2.45) is 0 Å². The topological polar surface area (TPSA) is 51.0 Å². The first-order chi connectivity index (χ1) is 12.0. The van der Waals surface area contributed by atoms with Crippen molar-refractivity contribution in [1.29, 1.82) is 0 Å². The molecule has 0 aliphatic rings. The van der Waals surface area contributed by atoms with Gasteiger partial charge in [0.05, 0.1) is 23.1 Å². The van der Waals surface area contributed by atoms with Gasteiger partial charge in [0.1, 0.15) is 5.82 Å². The van der Waals surface area contributed by atoms with E-state index in [0.717, 1.165) is 15.9 Å². The van der Waals surface area contributed by atoms with Crippen LogP contribution in [0.25, 0.3) is 5.69 Å². The van der Waals surface area contributed by atoms with Crippen LogP contribution < -0.4 is 4.90 Å². The van der Waals surface area contributed by atoms with Gasteiger partial charge in [-0.3, -0.25) is 9.69 Å². The van der Waals surface area contributed by atoms with Crippen molar-refractivity contribution in [3.05, 3.63) is 69.5 Å². The first-order valence-electron chi connectivity index (χ1n) is 7.75. The van der Waals surface area contributed by atoms with Gasteiger partial charge in [-0.15, -0.1) is 0 Å². The second-order valence-corrected chi connectivity index (χ2v) is 6.77. The lowest BCUT2D eigenvalue weighted by Gasteiger charge is -2.19. The van der Waals surface area contributed by atoms with Crippen LogP contribution in [-0.4, -0.2) is 27.2 Å². The third-order valence-electron chi connectivity index (χ3n) is 3.84. The number of carbonyl (C=O) groups excluding carboxylic acids is 1. The van der Waals surface area contributed by atoms with Crippen LogP contribution in [0.4, 0.5) is 5.82 Å². The van der Waals surface area contributed by atoms with Crippen molar-refractivity contribution in [1.82, 2.24) is 14.8 Å². The molecule has 3 rings (SSSR count). The van der Waals surface area contributed by atoms with Crippen molar-refractivity contribution in [2.45, 2.75) is 13.8 Å². The quantitative estimate of drug-likeness (QED) is 0.618. The molecule has 0 saturated carbocycles. The monoisotopic (exact) mass is 418 g/mol. The zero-order chi connectivity index (χ0) is 18.0. The van der Waals surface area contributed by atoms with Gasteiger partial charge in [0.25, 0.3) is 5.91 Å². The van der Waals surface area contributed by atoms with Crippen LogP contribution in [0.1, 0.15) is 23.0 Å². The molecule has 0 fully saturated rings. The van der Waals surface area contributed by atoms with E-state index in [1.165, 1.54) is 0 Å². The van der Waals surface area contributed by atoms with Gasteiger partial charge in [0.15, 0.2) is 0 Å². The number of aromatic nitrogens is 3. The number of carbonyl (C=O) groups is 1. The van der Waals surface area contributed by atoms with Crippen LogP contribution in [0.2, 0.25) is 5.02 Å². The molecule has 7 heteroatoms. The summed E-state index contributed by atoms with van der Waals surface area (Å²) < 4.78 is 2.58. The summed E-state index contributed by atoms with van der Waals surface area (Å²) in [6.45, 7) is 4.29. The number of amides is 1. The molecule has 5 nitrogen and oxygen atoms in total. The van der Waals surface area contributed by atoms with Crippen molar-refractivity contribution in [3.8, 4) is 5.69 Å². The fourth-order valence-corrected chi connectivity index (χ4v) is 2.99. The van der Waals surface area contributed by atoms with Crippen LogP contribution in [0.15, 0.2) is 53.3 Å². The minimum Gasteiger partial charge on any atom is -0.293 e. The van der Waals surface area contributed by atoms with E-state index in [2.05, 4.69) is 26.0 Å². The summed E-state index contributed by atoms with van der Waals surface area (Å²) in [5, 5.41) is 4.98. The number of pyridine rings is 1. The Morgan fingerprint density at radius 1 is 1.28 bits per heavy atom. The van der Waals surface area contributed by atoms with E-state index in [1.54, 1.807) is 28.0 Å². The smallest absolute Gasteiger partial charge is 0.262 e. The summed E-state index contributed by atoms with van der Waals surface area (Å²) >= 11 is 9.41. The summed E-state index contributed by atoms with van der Waals surface area (Å²) in [6, 6.07) is 11.0. The minimum atomic E-state index is -0.136. The highest BCUT2D eigenvalue weighted by Crippen LogP contribution is 2.21. The Labute approximate surface area is 159 Å². The average Bonchev–Trinajstić information content (AvgIpc) is 2.98. The summed E-state index contributed by atoms with van der Waals surface area (Å²) in [7, 11) is 0. The van der Waals surface area contributed by atoms with Crippen molar-refractivity contribution < 1.29 is 4.79 Å². The second-order valence-electron chi connectivity index (χ2n) is 5.42. The molecular formula is C18H16BrClN4O. The van der Waals surface area contributed by atoms with Crippen molar-refractivity contribution in [2.75, 3.05) is 11.4 Å². The molecule has 1 amide bonds. The predicted octanol–water partition coefficient (Wildman–Crippen LogP) is 4.66. The highest BCUT2D eigenvalue weighted by Gasteiger charge is 2.22. The van der Waals surface area contributed by atoms with Gasteiger partial charge >= 0.3 is 0 Å². The molecule has 3 aromatic rings. The maximum absolute atomic E-state index is 13.0. The highest BCUT2D eigenvalue weighted by atomic mass is 79.9. The fraction of sp³-hybridized carbons (Fsp3) is 0.167. The van der Waals surface area contributed by atoms with E-state index in [4.69, 9.17) is 11.6 Å². The lowest BCUT2D eigenvalue weighted by molar-refractivity contribution is 0.0987. The van der Waals surface area contributed by atoms with E-state index < -0.39 is 0 Å². The molecule has 0 N–H and O–H groups in total. The largest absolute Gasteiger partial charge is 0.293 e. The van der Waals surface area contributed by atoms with Gasteiger partial charge in [-0.1, -0.05) is 17.7 Å². The summed E-state index contributed by atoms with van der Waals surface area (Å²) in [5.74, 6) is 0.466. The minimum absolute atomic E-state index is 0.136. The Morgan fingerprint density at radius 2 is 2.08 bits per heavy atom. The molecule has 0 atom stereocenters. The van der Waals surface area contributed by atoms with Crippen LogP contribution in [0, 0.1) is 6.92 Å². The van der Waals surface area contributed by atoms with E-state index in [-0.39, 0.29) is 5.91 Å². The molecule has 0 bridgehead atoms. The second kappa shape index (κ2) is 7.37. The Bertz CT molecular complexity index is 908. The summed E-state index contributed by atoms with van der Waals surface area (Å²) in [4.78, 5) is 18.9. The van der Waals surface area contributed by atoms with E-state index in [9.17, 15) is 4.79 Å². The molecule has 2 heterocycles. The molecule has 0 saturated heterocycles. The molecule has 0 aliphatic heterocycles. The number of nitrogens with zero attached hydrogens (tertiary/aromatic N) is 4. The molecule has 25 heavy (non-hydrogen) atoms. The lowest BCUT2D eigenvalue weighted by Crippen LogP contribution is -2.31. The lowest BCUT2D eigenvalue weighted by atomic mass is 10.2. The predicted molar refractivity (Wildman–Crippen MR) is 103 cm³/mol. The summed E-state index contributed by atoms with van der Waals surface area (Å²) in [6.07, 6.45) is 3.26.